The van der Waals surface area contributed by atoms with Crippen molar-refractivity contribution in [3.8, 4) is 22.6 Å². The van der Waals surface area contributed by atoms with E-state index < -0.39 is 11.6 Å². The van der Waals surface area contributed by atoms with Crippen LogP contribution in [0.5, 0.6) is 11.5 Å². The summed E-state index contributed by atoms with van der Waals surface area (Å²) in [4.78, 5) is 0. The van der Waals surface area contributed by atoms with E-state index in [4.69, 9.17) is 10.5 Å². The zero-order valence-corrected chi connectivity index (χ0v) is 8.49. The summed E-state index contributed by atoms with van der Waals surface area (Å²) in [6.45, 7) is 0. The minimum atomic E-state index is -0.756. The van der Waals surface area contributed by atoms with E-state index in [1.807, 2.05) is 0 Å². The van der Waals surface area contributed by atoms with E-state index in [1.54, 1.807) is 0 Å². The fraction of sp³-hybridized carbons (Fsp3) is 0.100. The maximum atomic E-state index is 13.7. The topological polar surface area (TPSA) is 84.2 Å². The molecule has 0 saturated carbocycles. The average Bonchev–Trinajstić information content (AvgIpc) is 2.68. The highest BCUT2D eigenvalue weighted by molar-refractivity contribution is 5.75. The molecule has 0 radical (unpaired) electrons. The predicted molar refractivity (Wildman–Crippen MR) is 56.6 cm³/mol. The molecule has 0 spiro atoms. The summed E-state index contributed by atoms with van der Waals surface area (Å²) < 4.78 is 18.6. The Morgan fingerprint density at radius 3 is 2.75 bits per heavy atom. The van der Waals surface area contributed by atoms with E-state index in [2.05, 4.69) is 10.2 Å². The summed E-state index contributed by atoms with van der Waals surface area (Å²) >= 11 is 0. The maximum Gasteiger partial charge on any atom is 0.173 e. The summed E-state index contributed by atoms with van der Waals surface area (Å²) in [5, 5.41) is 15.6. The molecule has 4 N–H and O–H groups in total. The molecule has 0 unspecified atom stereocenters. The number of phenolic OH excluding ortho intramolecular Hbond substituents is 1. The van der Waals surface area contributed by atoms with Gasteiger partial charge in [-0.25, -0.2) is 4.39 Å². The Morgan fingerprint density at radius 1 is 1.44 bits per heavy atom. The van der Waals surface area contributed by atoms with Crippen LogP contribution in [-0.2, 0) is 0 Å². The van der Waals surface area contributed by atoms with Crippen LogP contribution in [0.15, 0.2) is 18.3 Å². The Bertz CT molecular complexity index is 525. The molecule has 0 aliphatic heterocycles. The lowest BCUT2D eigenvalue weighted by atomic mass is 10.1. The molecule has 0 bridgehead atoms. The molecule has 2 aromatic rings. The minimum Gasteiger partial charge on any atom is -0.505 e. The lowest BCUT2D eigenvalue weighted by molar-refractivity contribution is 0.398. The molecule has 0 atom stereocenters. The Hall–Kier alpha value is -2.24. The Kier molecular flexibility index (Phi) is 2.40. The first-order valence-electron chi connectivity index (χ1n) is 4.49. The highest BCUT2D eigenvalue weighted by Gasteiger charge is 2.15. The zero-order chi connectivity index (χ0) is 11.7. The number of nitrogens with one attached hydrogen (secondary N) is 1. The van der Waals surface area contributed by atoms with Gasteiger partial charge in [-0.3, -0.25) is 5.10 Å². The van der Waals surface area contributed by atoms with Crippen LogP contribution < -0.4 is 10.5 Å². The molecule has 0 fully saturated rings. The highest BCUT2D eigenvalue weighted by atomic mass is 19.1. The van der Waals surface area contributed by atoms with E-state index >= 15 is 0 Å². The smallest absolute Gasteiger partial charge is 0.173 e. The average molecular weight is 223 g/mol. The maximum absolute atomic E-state index is 13.7. The fourth-order valence-corrected chi connectivity index (χ4v) is 1.41. The molecule has 1 aromatic carbocycles. The van der Waals surface area contributed by atoms with E-state index in [0.717, 1.165) is 0 Å². The number of benzene rings is 1. The third-order valence-corrected chi connectivity index (χ3v) is 2.22. The van der Waals surface area contributed by atoms with E-state index in [1.165, 1.54) is 25.4 Å². The number of anilines is 1. The molecule has 0 aliphatic rings. The van der Waals surface area contributed by atoms with Gasteiger partial charge in [-0.1, -0.05) is 0 Å². The third kappa shape index (κ3) is 1.54. The van der Waals surface area contributed by atoms with Crippen LogP contribution in [0.4, 0.5) is 10.2 Å². The number of hydrogen-bond donors (Lipinski definition) is 3. The molecule has 1 aromatic heterocycles. The van der Waals surface area contributed by atoms with Crippen LogP contribution in [0.2, 0.25) is 0 Å². The van der Waals surface area contributed by atoms with Gasteiger partial charge in [-0.05, 0) is 6.07 Å². The van der Waals surface area contributed by atoms with Gasteiger partial charge in [0.2, 0.25) is 0 Å². The highest BCUT2D eigenvalue weighted by Crippen LogP contribution is 2.34. The van der Waals surface area contributed by atoms with Crippen LogP contribution in [0.1, 0.15) is 0 Å². The first-order chi connectivity index (χ1) is 7.63. The quantitative estimate of drug-likeness (QED) is 0.720. The summed E-state index contributed by atoms with van der Waals surface area (Å²) in [6.07, 6.45) is 1.38. The summed E-state index contributed by atoms with van der Waals surface area (Å²) in [5.74, 6) is -0.676. The third-order valence-electron chi connectivity index (χ3n) is 2.22. The number of H-pyrrole nitrogens is 1. The first kappa shape index (κ1) is 10.3. The van der Waals surface area contributed by atoms with Crippen molar-refractivity contribution in [3.63, 3.8) is 0 Å². The van der Waals surface area contributed by atoms with Gasteiger partial charge in [0, 0.05) is 17.2 Å². The van der Waals surface area contributed by atoms with E-state index in [9.17, 15) is 9.50 Å². The number of ether oxygens (including phenoxy) is 1. The number of aromatic amines is 1. The molecule has 2 rings (SSSR count). The normalized spacial score (nSPS) is 10.4. The van der Waals surface area contributed by atoms with Gasteiger partial charge in [-0.2, -0.15) is 5.10 Å². The van der Waals surface area contributed by atoms with Crippen molar-refractivity contribution in [1.29, 1.82) is 0 Å². The largest absolute Gasteiger partial charge is 0.505 e. The lowest BCUT2D eigenvalue weighted by Crippen LogP contribution is -1.92. The Morgan fingerprint density at radius 2 is 2.19 bits per heavy atom. The molecule has 1 heterocycles. The van der Waals surface area contributed by atoms with Gasteiger partial charge in [0.25, 0.3) is 0 Å². The van der Waals surface area contributed by atoms with Crippen molar-refractivity contribution < 1.29 is 14.2 Å². The Balaban J connectivity index is 2.64. The van der Waals surface area contributed by atoms with Gasteiger partial charge in [0.15, 0.2) is 11.6 Å². The van der Waals surface area contributed by atoms with Crippen LogP contribution in [0.3, 0.4) is 0 Å². The van der Waals surface area contributed by atoms with Gasteiger partial charge in [-0.15, -0.1) is 0 Å². The second-order valence-corrected chi connectivity index (χ2v) is 3.21. The molecule has 6 heteroatoms. The van der Waals surface area contributed by atoms with E-state index in [0.29, 0.717) is 11.3 Å². The zero-order valence-electron chi connectivity index (χ0n) is 8.49. The number of rotatable bonds is 2. The predicted octanol–water partition coefficient (Wildman–Crippen LogP) is 1.51. The van der Waals surface area contributed by atoms with Gasteiger partial charge < -0.3 is 15.6 Å². The number of hydrogen-bond acceptors (Lipinski definition) is 4. The molecule has 0 saturated heterocycles. The van der Waals surface area contributed by atoms with Crippen molar-refractivity contribution in [1.82, 2.24) is 10.2 Å². The molecule has 0 aliphatic carbocycles. The number of nitrogens with two attached hydrogens (primary N) is 1. The monoisotopic (exact) mass is 223 g/mol. The number of halogens is 1. The van der Waals surface area contributed by atoms with Crippen molar-refractivity contribution >= 4 is 5.82 Å². The number of methoxy groups -OCH3 is 1. The van der Waals surface area contributed by atoms with Crippen LogP contribution in [-0.4, -0.2) is 22.4 Å². The standard InChI is InChI=1S/C10H10FN3O2/c1-16-5-2-6(9(11)8(15)3-5)7-4-13-14-10(7)12/h2-4,15H,1H3,(H3,12,13,14). The molecule has 0 amide bonds. The van der Waals surface area contributed by atoms with Crippen LogP contribution >= 0.6 is 0 Å². The number of aromatic nitrogens is 2. The second kappa shape index (κ2) is 3.73. The van der Waals surface area contributed by atoms with Gasteiger partial charge >= 0.3 is 0 Å². The molecular formula is C10H10FN3O2. The fourth-order valence-electron chi connectivity index (χ4n) is 1.41. The molecule has 16 heavy (non-hydrogen) atoms. The van der Waals surface area contributed by atoms with Crippen molar-refractivity contribution in [2.75, 3.05) is 12.8 Å². The van der Waals surface area contributed by atoms with Crippen molar-refractivity contribution in [2.24, 2.45) is 0 Å². The van der Waals surface area contributed by atoms with E-state index in [-0.39, 0.29) is 11.4 Å². The number of nitrogen functional groups attached to an aromatic ring is 1. The van der Waals surface area contributed by atoms with Gasteiger partial charge in [0.1, 0.15) is 11.6 Å². The van der Waals surface area contributed by atoms with Crippen molar-refractivity contribution in [3.05, 3.63) is 24.1 Å². The summed E-state index contributed by atoms with van der Waals surface area (Å²) in [6, 6.07) is 2.63. The summed E-state index contributed by atoms with van der Waals surface area (Å²) in [5.41, 5.74) is 6.10. The van der Waals surface area contributed by atoms with Crippen molar-refractivity contribution in [2.45, 2.75) is 0 Å². The number of phenols is 1. The minimum absolute atomic E-state index is 0.142. The Labute approximate surface area is 90.7 Å². The first-order valence-corrected chi connectivity index (χ1v) is 4.49. The second-order valence-electron chi connectivity index (χ2n) is 3.21. The lowest BCUT2D eigenvalue weighted by Gasteiger charge is -2.07. The molecular weight excluding hydrogens is 213 g/mol. The SMILES string of the molecule is COc1cc(O)c(F)c(-c2cn[nH]c2N)c1. The van der Waals surface area contributed by atoms with Crippen LogP contribution in [0.25, 0.3) is 11.1 Å². The molecule has 5 nitrogen and oxygen atoms in total. The number of nitrogens with zero attached hydrogens (tertiary/aromatic N) is 1. The van der Waals surface area contributed by atoms with Gasteiger partial charge in [0.05, 0.1) is 13.3 Å². The molecule has 84 valence electrons. The van der Waals surface area contributed by atoms with Crippen LogP contribution in [0, 0.1) is 5.82 Å². The summed E-state index contributed by atoms with van der Waals surface area (Å²) in [7, 11) is 1.43. The number of aromatic hydroxyl groups is 1.